The molecule has 19 heavy (non-hydrogen) atoms. The first-order valence-electron chi connectivity index (χ1n) is 6.48. The Bertz CT molecular complexity index is 459. The molecule has 3 N–H and O–H groups in total. The summed E-state index contributed by atoms with van der Waals surface area (Å²) in [5, 5.41) is 3.65. The number of ether oxygens (including phenoxy) is 1. The van der Waals surface area contributed by atoms with Crippen LogP contribution in [0.3, 0.4) is 0 Å². The van der Waals surface area contributed by atoms with E-state index in [2.05, 4.69) is 5.32 Å². The predicted molar refractivity (Wildman–Crippen MR) is 75.0 cm³/mol. The molecule has 0 aromatic heterocycles. The van der Waals surface area contributed by atoms with E-state index in [-0.39, 0.29) is 18.6 Å². The van der Waals surface area contributed by atoms with E-state index in [1.165, 1.54) is 0 Å². The molecule has 2 atom stereocenters. The van der Waals surface area contributed by atoms with Crippen LogP contribution in [0.5, 0.6) is 0 Å². The first kappa shape index (κ1) is 14.3. The van der Waals surface area contributed by atoms with Gasteiger partial charge < -0.3 is 15.8 Å². The highest BCUT2D eigenvalue weighted by Gasteiger charge is 2.39. The second-order valence-corrected chi connectivity index (χ2v) is 5.38. The molecule has 0 bridgehead atoms. The summed E-state index contributed by atoms with van der Waals surface area (Å²) < 4.78 is 5.21. The Hall–Kier alpha value is -1.10. The van der Waals surface area contributed by atoms with Crippen molar-refractivity contribution in [2.45, 2.75) is 31.3 Å². The van der Waals surface area contributed by atoms with Gasteiger partial charge in [0.1, 0.15) is 5.54 Å². The molecule has 5 heteroatoms. The molecular formula is C14H19ClN2O2. The normalized spacial score (nSPS) is 24.2. The van der Waals surface area contributed by atoms with Crippen molar-refractivity contribution in [2.24, 2.45) is 5.73 Å². The fraction of sp³-hybridized carbons (Fsp3) is 0.500. The summed E-state index contributed by atoms with van der Waals surface area (Å²) >= 11 is 5.98. The monoisotopic (exact) mass is 282 g/mol. The third-order valence-corrected chi connectivity index (χ3v) is 3.70. The standard InChI is InChI=1S/C14H19ClN2O2/c1-2-12(10-4-3-5-11(15)8-10)17-13(18)14(16)6-7-19-9-14/h3-5,8,12H,2,6-7,9,16H2,1H3,(H,17,18). The quantitative estimate of drug-likeness (QED) is 0.888. The Balaban J connectivity index is 2.09. The van der Waals surface area contributed by atoms with Gasteiger partial charge in [0.2, 0.25) is 5.91 Å². The first-order chi connectivity index (χ1) is 9.05. The Labute approximate surface area is 118 Å². The zero-order chi connectivity index (χ0) is 13.9. The molecule has 0 aliphatic carbocycles. The second-order valence-electron chi connectivity index (χ2n) is 4.95. The zero-order valence-corrected chi connectivity index (χ0v) is 11.7. The van der Waals surface area contributed by atoms with Crippen LogP contribution in [0.4, 0.5) is 0 Å². The van der Waals surface area contributed by atoms with Crippen molar-refractivity contribution in [2.75, 3.05) is 13.2 Å². The maximum Gasteiger partial charge on any atom is 0.243 e. The van der Waals surface area contributed by atoms with Gasteiger partial charge in [0.15, 0.2) is 0 Å². The third-order valence-electron chi connectivity index (χ3n) is 3.47. The molecule has 1 amide bonds. The minimum Gasteiger partial charge on any atom is -0.379 e. The molecule has 1 aliphatic heterocycles. The van der Waals surface area contributed by atoms with Crippen molar-refractivity contribution in [3.8, 4) is 0 Å². The van der Waals surface area contributed by atoms with E-state index in [1.54, 1.807) is 0 Å². The van der Waals surface area contributed by atoms with E-state index in [9.17, 15) is 4.79 Å². The second kappa shape index (κ2) is 5.90. The van der Waals surface area contributed by atoms with Gasteiger partial charge in [0.25, 0.3) is 0 Å². The van der Waals surface area contributed by atoms with E-state index in [0.717, 1.165) is 12.0 Å². The Morgan fingerprint density at radius 2 is 2.42 bits per heavy atom. The topological polar surface area (TPSA) is 64.4 Å². The summed E-state index contributed by atoms with van der Waals surface area (Å²) in [5.41, 5.74) is 6.15. The van der Waals surface area contributed by atoms with Gasteiger partial charge in [0, 0.05) is 11.6 Å². The van der Waals surface area contributed by atoms with Crippen molar-refractivity contribution in [1.29, 1.82) is 0 Å². The van der Waals surface area contributed by atoms with Crippen LogP contribution in [0, 0.1) is 0 Å². The molecule has 1 fully saturated rings. The number of nitrogens with one attached hydrogen (secondary N) is 1. The summed E-state index contributed by atoms with van der Waals surface area (Å²) in [5.74, 6) is -0.156. The SMILES string of the molecule is CCC(NC(=O)C1(N)CCOC1)c1cccc(Cl)c1. The predicted octanol–water partition coefficient (Wildman–Crippen LogP) is 2.03. The number of rotatable bonds is 4. The van der Waals surface area contributed by atoms with Crippen LogP contribution in [-0.2, 0) is 9.53 Å². The van der Waals surface area contributed by atoms with Crippen molar-refractivity contribution >= 4 is 17.5 Å². The molecule has 0 radical (unpaired) electrons. The largest absolute Gasteiger partial charge is 0.379 e. The number of nitrogens with two attached hydrogens (primary N) is 1. The van der Waals surface area contributed by atoms with Gasteiger partial charge in [-0.15, -0.1) is 0 Å². The molecule has 1 saturated heterocycles. The van der Waals surface area contributed by atoms with Gasteiger partial charge in [-0.3, -0.25) is 4.79 Å². The minimum absolute atomic E-state index is 0.0766. The van der Waals surface area contributed by atoms with E-state index >= 15 is 0 Å². The Kier molecular flexibility index (Phi) is 4.45. The lowest BCUT2D eigenvalue weighted by molar-refractivity contribution is -0.127. The molecule has 1 aromatic carbocycles. The minimum atomic E-state index is -0.897. The summed E-state index contributed by atoms with van der Waals surface area (Å²) in [6, 6.07) is 7.43. The molecule has 2 unspecified atom stereocenters. The summed E-state index contributed by atoms with van der Waals surface area (Å²) in [6.45, 7) is 2.84. The number of hydrogen-bond donors (Lipinski definition) is 2. The maximum absolute atomic E-state index is 12.2. The molecule has 2 rings (SSSR count). The van der Waals surface area contributed by atoms with E-state index < -0.39 is 5.54 Å². The van der Waals surface area contributed by atoms with Gasteiger partial charge in [-0.05, 0) is 30.5 Å². The van der Waals surface area contributed by atoms with E-state index in [4.69, 9.17) is 22.1 Å². The number of halogens is 1. The lowest BCUT2D eigenvalue weighted by Gasteiger charge is -2.25. The van der Waals surface area contributed by atoms with Crippen LogP contribution in [-0.4, -0.2) is 24.7 Å². The van der Waals surface area contributed by atoms with Gasteiger partial charge >= 0.3 is 0 Å². The molecular weight excluding hydrogens is 264 g/mol. The first-order valence-corrected chi connectivity index (χ1v) is 6.86. The highest BCUT2D eigenvalue weighted by molar-refractivity contribution is 6.30. The number of amides is 1. The fourth-order valence-corrected chi connectivity index (χ4v) is 2.40. The fourth-order valence-electron chi connectivity index (χ4n) is 2.21. The summed E-state index contributed by atoms with van der Waals surface area (Å²) in [6.07, 6.45) is 1.34. The highest BCUT2D eigenvalue weighted by Crippen LogP contribution is 2.22. The van der Waals surface area contributed by atoms with Crippen LogP contribution in [0.25, 0.3) is 0 Å². The maximum atomic E-state index is 12.2. The van der Waals surface area contributed by atoms with Crippen molar-refractivity contribution < 1.29 is 9.53 Å². The lowest BCUT2D eigenvalue weighted by atomic mass is 9.97. The van der Waals surface area contributed by atoms with Crippen LogP contribution < -0.4 is 11.1 Å². The smallest absolute Gasteiger partial charge is 0.243 e. The van der Waals surface area contributed by atoms with Gasteiger partial charge in [-0.2, -0.15) is 0 Å². The number of benzene rings is 1. The molecule has 0 saturated carbocycles. The molecule has 1 aliphatic rings. The summed E-state index contributed by atoms with van der Waals surface area (Å²) in [4.78, 5) is 12.2. The number of carbonyl (C=O) groups is 1. The van der Waals surface area contributed by atoms with E-state index in [1.807, 2.05) is 31.2 Å². The average molecular weight is 283 g/mol. The van der Waals surface area contributed by atoms with Crippen LogP contribution in [0.15, 0.2) is 24.3 Å². The Morgan fingerprint density at radius 3 is 3.00 bits per heavy atom. The zero-order valence-electron chi connectivity index (χ0n) is 11.0. The van der Waals surface area contributed by atoms with Gasteiger partial charge in [-0.1, -0.05) is 30.7 Å². The van der Waals surface area contributed by atoms with Crippen molar-refractivity contribution in [3.63, 3.8) is 0 Å². The molecule has 1 aromatic rings. The van der Waals surface area contributed by atoms with Gasteiger partial charge in [-0.25, -0.2) is 0 Å². The average Bonchev–Trinajstić information content (AvgIpc) is 2.84. The van der Waals surface area contributed by atoms with E-state index in [0.29, 0.717) is 18.1 Å². The Morgan fingerprint density at radius 1 is 1.63 bits per heavy atom. The highest BCUT2D eigenvalue weighted by atomic mass is 35.5. The molecule has 1 heterocycles. The number of carbonyl (C=O) groups excluding carboxylic acids is 1. The molecule has 4 nitrogen and oxygen atoms in total. The van der Waals surface area contributed by atoms with Crippen molar-refractivity contribution in [1.82, 2.24) is 5.32 Å². The lowest BCUT2D eigenvalue weighted by Crippen LogP contribution is -2.55. The summed E-state index contributed by atoms with van der Waals surface area (Å²) in [7, 11) is 0. The third kappa shape index (κ3) is 3.26. The van der Waals surface area contributed by atoms with Crippen LogP contribution in [0.1, 0.15) is 31.4 Å². The molecule has 104 valence electrons. The van der Waals surface area contributed by atoms with Crippen molar-refractivity contribution in [3.05, 3.63) is 34.9 Å². The number of hydrogen-bond acceptors (Lipinski definition) is 3. The van der Waals surface area contributed by atoms with Gasteiger partial charge in [0.05, 0.1) is 12.6 Å². The van der Waals surface area contributed by atoms with Crippen LogP contribution >= 0.6 is 11.6 Å². The molecule has 0 spiro atoms. The van der Waals surface area contributed by atoms with Crippen LogP contribution in [0.2, 0.25) is 5.02 Å².